The van der Waals surface area contributed by atoms with Gasteiger partial charge in [-0.05, 0) is 57.4 Å². The highest BCUT2D eigenvalue weighted by atomic mass is 32.2. The van der Waals surface area contributed by atoms with Gasteiger partial charge >= 0.3 is 0 Å². The fourth-order valence-corrected chi connectivity index (χ4v) is 5.79. The van der Waals surface area contributed by atoms with Crippen LogP contribution in [0, 0.1) is 5.92 Å². The van der Waals surface area contributed by atoms with Crippen LogP contribution in [0.1, 0.15) is 44.9 Å². The van der Waals surface area contributed by atoms with Gasteiger partial charge in [0.1, 0.15) is 0 Å². The third-order valence-electron chi connectivity index (χ3n) is 5.49. The monoisotopic (exact) mass is 373 g/mol. The van der Waals surface area contributed by atoms with E-state index >= 15 is 0 Å². The Labute approximate surface area is 150 Å². The number of rotatable bonds is 6. The molecule has 3 atom stereocenters. The van der Waals surface area contributed by atoms with Gasteiger partial charge in [-0.15, -0.1) is 0 Å². The van der Waals surface area contributed by atoms with E-state index in [0.717, 1.165) is 51.5 Å². The third kappa shape index (κ3) is 5.39. The Morgan fingerprint density at radius 1 is 1.16 bits per heavy atom. The van der Waals surface area contributed by atoms with Crippen LogP contribution < -0.4 is 10.6 Å². The summed E-state index contributed by atoms with van der Waals surface area (Å²) in [5.74, 6) is 0.340. The molecular formula is C17H31N3O4S. The van der Waals surface area contributed by atoms with Crippen molar-refractivity contribution in [2.45, 2.75) is 57.1 Å². The summed E-state index contributed by atoms with van der Waals surface area (Å²) in [5.41, 5.74) is 0. The number of carbonyl (C=O) groups is 1. The van der Waals surface area contributed by atoms with Gasteiger partial charge in [0.05, 0.1) is 17.9 Å². The Morgan fingerprint density at radius 2 is 2.04 bits per heavy atom. The van der Waals surface area contributed by atoms with Gasteiger partial charge < -0.3 is 15.4 Å². The van der Waals surface area contributed by atoms with E-state index in [2.05, 4.69) is 10.6 Å². The molecule has 3 rings (SSSR count). The molecule has 3 saturated heterocycles. The number of carbonyl (C=O) groups excluding carboxylic acids is 1. The summed E-state index contributed by atoms with van der Waals surface area (Å²) in [6, 6.07) is -0.0770. The van der Waals surface area contributed by atoms with E-state index in [9.17, 15) is 13.2 Å². The van der Waals surface area contributed by atoms with Crippen molar-refractivity contribution < 1.29 is 17.9 Å². The molecule has 0 aromatic rings. The second-order valence-corrected chi connectivity index (χ2v) is 9.54. The highest BCUT2D eigenvalue weighted by Crippen LogP contribution is 2.22. The molecule has 3 aliphatic heterocycles. The van der Waals surface area contributed by atoms with Gasteiger partial charge in [0.25, 0.3) is 0 Å². The predicted octanol–water partition coefficient (Wildman–Crippen LogP) is 0.466. The van der Waals surface area contributed by atoms with E-state index in [1.165, 1.54) is 0 Å². The number of hydrogen-bond donors (Lipinski definition) is 2. The molecular weight excluding hydrogens is 342 g/mol. The molecule has 1 amide bonds. The van der Waals surface area contributed by atoms with Crippen LogP contribution in [0.2, 0.25) is 0 Å². The third-order valence-corrected chi connectivity index (χ3v) is 7.40. The van der Waals surface area contributed by atoms with E-state index in [4.69, 9.17) is 4.74 Å². The molecule has 0 aliphatic carbocycles. The Kier molecular flexibility index (Phi) is 6.71. The van der Waals surface area contributed by atoms with Crippen molar-refractivity contribution in [3.63, 3.8) is 0 Å². The Bertz CT molecular complexity index is 542. The highest BCUT2D eigenvalue weighted by Gasteiger charge is 2.32. The molecule has 0 saturated carbocycles. The minimum atomic E-state index is -3.29. The largest absolute Gasteiger partial charge is 0.377 e. The summed E-state index contributed by atoms with van der Waals surface area (Å²) in [4.78, 5) is 12.1. The standard InChI is InChI=1S/C17H31N3O4S/c21-17(16-7-3-8-18-16)19-11-14-5-4-9-20(12-14)25(22,23)13-15-6-1-2-10-24-15/h14-16,18H,1-13H2,(H,19,21). The highest BCUT2D eigenvalue weighted by molar-refractivity contribution is 7.89. The van der Waals surface area contributed by atoms with Crippen molar-refractivity contribution in [1.29, 1.82) is 0 Å². The Hall–Kier alpha value is -0.700. The molecule has 0 spiro atoms. The van der Waals surface area contributed by atoms with Crippen LogP contribution >= 0.6 is 0 Å². The van der Waals surface area contributed by atoms with Gasteiger partial charge in [0, 0.05) is 26.2 Å². The van der Waals surface area contributed by atoms with E-state index in [-0.39, 0.29) is 29.7 Å². The summed E-state index contributed by atoms with van der Waals surface area (Å²) in [7, 11) is -3.29. The molecule has 0 aromatic carbocycles. The molecule has 25 heavy (non-hydrogen) atoms. The molecule has 3 unspecified atom stereocenters. The number of amides is 1. The van der Waals surface area contributed by atoms with Gasteiger partial charge in [0.15, 0.2) is 0 Å². The lowest BCUT2D eigenvalue weighted by Gasteiger charge is -2.33. The number of nitrogens with one attached hydrogen (secondary N) is 2. The van der Waals surface area contributed by atoms with E-state index in [0.29, 0.717) is 26.2 Å². The summed E-state index contributed by atoms with van der Waals surface area (Å²) in [5, 5.41) is 6.19. The van der Waals surface area contributed by atoms with Crippen molar-refractivity contribution in [2.24, 2.45) is 5.92 Å². The lowest BCUT2D eigenvalue weighted by molar-refractivity contribution is -0.123. The SMILES string of the molecule is O=C(NCC1CCCN(S(=O)(=O)CC2CCCCO2)C1)C1CCCN1. The molecule has 0 bridgehead atoms. The second kappa shape index (κ2) is 8.79. The van der Waals surface area contributed by atoms with Crippen LogP contribution in [0.3, 0.4) is 0 Å². The summed E-state index contributed by atoms with van der Waals surface area (Å²) in [6.07, 6.45) is 6.49. The topological polar surface area (TPSA) is 87.7 Å². The molecule has 8 heteroatoms. The maximum absolute atomic E-state index is 12.7. The molecule has 2 N–H and O–H groups in total. The zero-order valence-corrected chi connectivity index (χ0v) is 15.7. The van der Waals surface area contributed by atoms with E-state index in [1.54, 1.807) is 4.31 Å². The van der Waals surface area contributed by atoms with E-state index < -0.39 is 10.0 Å². The van der Waals surface area contributed by atoms with Crippen molar-refractivity contribution >= 4 is 15.9 Å². The number of sulfonamides is 1. The summed E-state index contributed by atoms with van der Waals surface area (Å²) < 4.78 is 32.6. The first kappa shape index (κ1) is 19.1. The minimum absolute atomic E-state index is 0.0492. The number of nitrogens with zero attached hydrogens (tertiary/aromatic N) is 1. The van der Waals surface area contributed by atoms with Crippen LogP contribution in [0.15, 0.2) is 0 Å². The fraction of sp³-hybridized carbons (Fsp3) is 0.941. The second-order valence-electron chi connectivity index (χ2n) is 7.53. The van der Waals surface area contributed by atoms with Gasteiger partial charge in [-0.25, -0.2) is 12.7 Å². The fourth-order valence-electron chi connectivity index (χ4n) is 4.00. The van der Waals surface area contributed by atoms with Crippen LogP contribution in [0.4, 0.5) is 0 Å². The van der Waals surface area contributed by atoms with Crippen LogP contribution in [0.5, 0.6) is 0 Å². The maximum Gasteiger partial charge on any atom is 0.237 e. The normalized spacial score (nSPS) is 31.8. The predicted molar refractivity (Wildman–Crippen MR) is 95.7 cm³/mol. The molecule has 3 heterocycles. The smallest absolute Gasteiger partial charge is 0.237 e. The van der Waals surface area contributed by atoms with Crippen molar-refractivity contribution in [1.82, 2.24) is 14.9 Å². The lowest BCUT2D eigenvalue weighted by Crippen LogP contribution is -2.48. The maximum atomic E-state index is 12.7. The number of piperidine rings is 1. The molecule has 144 valence electrons. The lowest BCUT2D eigenvalue weighted by atomic mass is 9.99. The quantitative estimate of drug-likeness (QED) is 0.706. The molecule has 0 aromatic heterocycles. The Balaban J connectivity index is 1.47. The van der Waals surface area contributed by atoms with Crippen LogP contribution in [-0.2, 0) is 19.6 Å². The molecule has 7 nitrogen and oxygen atoms in total. The average Bonchev–Trinajstić information content (AvgIpc) is 3.15. The number of ether oxygens (including phenoxy) is 1. The molecule has 0 radical (unpaired) electrons. The first-order valence-electron chi connectivity index (χ1n) is 9.65. The van der Waals surface area contributed by atoms with Crippen molar-refractivity contribution in [2.75, 3.05) is 38.5 Å². The molecule has 3 fully saturated rings. The zero-order valence-electron chi connectivity index (χ0n) is 14.9. The first-order chi connectivity index (χ1) is 12.0. The average molecular weight is 374 g/mol. The molecule has 3 aliphatic rings. The van der Waals surface area contributed by atoms with Gasteiger partial charge in [-0.2, -0.15) is 0 Å². The first-order valence-corrected chi connectivity index (χ1v) is 11.3. The van der Waals surface area contributed by atoms with Crippen LogP contribution in [0.25, 0.3) is 0 Å². The van der Waals surface area contributed by atoms with Gasteiger partial charge in [-0.3, -0.25) is 4.79 Å². The number of hydrogen-bond acceptors (Lipinski definition) is 5. The minimum Gasteiger partial charge on any atom is -0.377 e. The van der Waals surface area contributed by atoms with Crippen LogP contribution in [-0.4, -0.2) is 69.3 Å². The zero-order chi connectivity index (χ0) is 17.7. The van der Waals surface area contributed by atoms with E-state index in [1.807, 2.05) is 0 Å². The Morgan fingerprint density at radius 3 is 2.76 bits per heavy atom. The summed E-state index contributed by atoms with van der Waals surface area (Å²) in [6.45, 7) is 3.22. The van der Waals surface area contributed by atoms with Gasteiger partial charge in [0.2, 0.25) is 15.9 Å². The van der Waals surface area contributed by atoms with Crippen molar-refractivity contribution in [3.8, 4) is 0 Å². The van der Waals surface area contributed by atoms with Gasteiger partial charge in [-0.1, -0.05) is 0 Å². The van der Waals surface area contributed by atoms with Crippen molar-refractivity contribution in [3.05, 3.63) is 0 Å². The summed E-state index contributed by atoms with van der Waals surface area (Å²) >= 11 is 0.